The van der Waals surface area contributed by atoms with E-state index in [1.807, 2.05) is 42.5 Å². The van der Waals surface area contributed by atoms with Crippen molar-refractivity contribution in [1.82, 2.24) is 10.5 Å². The zero-order valence-electron chi connectivity index (χ0n) is 13.7. The van der Waals surface area contributed by atoms with E-state index in [0.717, 1.165) is 16.2 Å². The lowest BCUT2D eigenvalue weighted by Crippen LogP contribution is -2.23. The summed E-state index contributed by atoms with van der Waals surface area (Å²) in [5, 5.41) is 7.57. The molecule has 4 nitrogen and oxygen atoms in total. The number of hydrogen-bond acceptors (Lipinski definition) is 4. The Balaban J connectivity index is 1.66. The maximum absolute atomic E-state index is 12.4. The number of halogens is 1. The zero-order valence-corrected chi connectivity index (χ0v) is 15.2. The fourth-order valence-corrected chi connectivity index (χ4v) is 3.28. The average molecular weight is 373 g/mol. The van der Waals surface area contributed by atoms with Gasteiger partial charge in [0.05, 0.1) is 12.1 Å². The quantitative estimate of drug-likeness (QED) is 0.616. The van der Waals surface area contributed by atoms with E-state index in [-0.39, 0.29) is 5.91 Å². The minimum absolute atomic E-state index is 0.118. The molecule has 3 rings (SSSR count). The summed E-state index contributed by atoms with van der Waals surface area (Å²) >= 11 is 7.54. The van der Waals surface area contributed by atoms with Crippen LogP contribution in [0, 0.1) is 0 Å². The van der Waals surface area contributed by atoms with E-state index in [0.29, 0.717) is 28.6 Å². The largest absolute Gasteiger partial charge is 0.356 e. The van der Waals surface area contributed by atoms with Gasteiger partial charge in [-0.3, -0.25) is 4.79 Å². The number of aromatic nitrogens is 1. The normalized spacial score (nSPS) is 10.6. The highest BCUT2D eigenvalue weighted by Gasteiger charge is 2.12. The van der Waals surface area contributed by atoms with E-state index in [1.165, 1.54) is 0 Å². The Labute approximate surface area is 155 Å². The molecule has 3 aromatic rings. The van der Waals surface area contributed by atoms with Crippen molar-refractivity contribution < 1.29 is 9.32 Å². The molecule has 1 heterocycles. The standard InChI is InChI=1S/C19H17ClN2O2S/c1-2-25-18-6-4-3-5-16(18)19(23)21-12-15-11-17(24-22-15)13-7-9-14(20)10-8-13/h3-11H,2,12H2,1H3,(H,21,23). The van der Waals surface area contributed by atoms with Crippen molar-refractivity contribution in [1.29, 1.82) is 0 Å². The SMILES string of the molecule is CCSc1ccccc1C(=O)NCc1cc(-c2ccc(Cl)cc2)on1. The number of rotatable bonds is 6. The summed E-state index contributed by atoms with van der Waals surface area (Å²) < 4.78 is 5.34. The maximum Gasteiger partial charge on any atom is 0.252 e. The molecule has 0 aliphatic heterocycles. The predicted molar refractivity (Wildman–Crippen MR) is 101 cm³/mol. The van der Waals surface area contributed by atoms with Gasteiger partial charge in [0.2, 0.25) is 0 Å². The molecule has 0 bridgehead atoms. The van der Waals surface area contributed by atoms with Crippen molar-refractivity contribution in [2.45, 2.75) is 18.4 Å². The minimum Gasteiger partial charge on any atom is -0.356 e. The molecule has 25 heavy (non-hydrogen) atoms. The van der Waals surface area contributed by atoms with Crippen LogP contribution in [0.25, 0.3) is 11.3 Å². The molecule has 6 heteroatoms. The van der Waals surface area contributed by atoms with E-state index in [4.69, 9.17) is 16.1 Å². The first kappa shape index (κ1) is 17.6. The molecule has 0 atom stereocenters. The van der Waals surface area contributed by atoms with Crippen LogP contribution < -0.4 is 5.32 Å². The zero-order chi connectivity index (χ0) is 17.6. The molecule has 0 aliphatic carbocycles. The van der Waals surface area contributed by atoms with Gasteiger partial charge in [0.1, 0.15) is 5.69 Å². The molecule has 1 amide bonds. The van der Waals surface area contributed by atoms with Crippen LogP contribution >= 0.6 is 23.4 Å². The number of thioether (sulfide) groups is 1. The molecule has 1 N–H and O–H groups in total. The average Bonchev–Trinajstić information content (AvgIpc) is 3.10. The van der Waals surface area contributed by atoms with Crippen LogP contribution in [0.1, 0.15) is 23.0 Å². The van der Waals surface area contributed by atoms with Crippen LogP contribution in [-0.2, 0) is 6.54 Å². The number of nitrogens with one attached hydrogen (secondary N) is 1. The topological polar surface area (TPSA) is 55.1 Å². The van der Waals surface area contributed by atoms with Crippen LogP contribution in [0.15, 0.2) is 64.0 Å². The number of hydrogen-bond donors (Lipinski definition) is 1. The first-order chi connectivity index (χ1) is 12.2. The van der Waals surface area contributed by atoms with Crippen molar-refractivity contribution >= 4 is 29.3 Å². The van der Waals surface area contributed by atoms with Crippen LogP contribution in [0.3, 0.4) is 0 Å². The Morgan fingerprint density at radius 2 is 1.96 bits per heavy atom. The number of nitrogens with zero attached hydrogens (tertiary/aromatic N) is 1. The molecule has 0 fully saturated rings. The van der Waals surface area contributed by atoms with E-state index in [2.05, 4.69) is 17.4 Å². The molecule has 2 aromatic carbocycles. The monoisotopic (exact) mass is 372 g/mol. The molecule has 0 saturated carbocycles. The van der Waals surface area contributed by atoms with Gasteiger partial charge in [-0.15, -0.1) is 11.8 Å². The summed E-state index contributed by atoms with van der Waals surface area (Å²) in [6, 6.07) is 16.7. The molecular formula is C19H17ClN2O2S. The second kappa shape index (κ2) is 8.23. The van der Waals surface area contributed by atoms with Crippen LogP contribution in [0.4, 0.5) is 0 Å². The smallest absolute Gasteiger partial charge is 0.252 e. The number of amides is 1. The Morgan fingerprint density at radius 3 is 2.72 bits per heavy atom. The Kier molecular flexibility index (Phi) is 5.79. The lowest BCUT2D eigenvalue weighted by atomic mass is 10.1. The van der Waals surface area contributed by atoms with Gasteiger partial charge < -0.3 is 9.84 Å². The summed E-state index contributed by atoms with van der Waals surface area (Å²) in [6.45, 7) is 2.37. The lowest BCUT2D eigenvalue weighted by Gasteiger charge is -2.08. The first-order valence-electron chi connectivity index (χ1n) is 7.89. The maximum atomic E-state index is 12.4. The van der Waals surface area contributed by atoms with Gasteiger partial charge in [0.25, 0.3) is 5.91 Å². The summed E-state index contributed by atoms with van der Waals surface area (Å²) in [5.41, 5.74) is 2.23. The Morgan fingerprint density at radius 1 is 1.20 bits per heavy atom. The molecule has 0 unspecified atom stereocenters. The third-order valence-electron chi connectivity index (χ3n) is 3.55. The summed E-state index contributed by atoms with van der Waals surface area (Å²) in [4.78, 5) is 13.4. The third kappa shape index (κ3) is 4.44. The van der Waals surface area contributed by atoms with Crippen molar-refractivity contribution in [3.8, 4) is 11.3 Å². The van der Waals surface area contributed by atoms with Gasteiger partial charge in [-0.2, -0.15) is 0 Å². The van der Waals surface area contributed by atoms with E-state index < -0.39 is 0 Å². The number of carbonyl (C=O) groups is 1. The lowest BCUT2D eigenvalue weighted by molar-refractivity contribution is 0.0947. The van der Waals surface area contributed by atoms with Crippen LogP contribution in [-0.4, -0.2) is 16.8 Å². The van der Waals surface area contributed by atoms with Crippen LogP contribution in [0.5, 0.6) is 0 Å². The van der Waals surface area contributed by atoms with Crippen LogP contribution in [0.2, 0.25) is 5.02 Å². The highest BCUT2D eigenvalue weighted by Crippen LogP contribution is 2.23. The second-order valence-corrected chi connectivity index (χ2v) is 7.04. The fourth-order valence-electron chi connectivity index (χ4n) is 2.35. The Bertz CT molecular complexity index is 862. The third-order valence-corrected chi connectivity index (χ3v) is 4.76. The van der Waals surface area contributed by atoms with Crippen molar-refractivity contribution in [2.75, 3.05) is 5.75 Å². The number of carbonyl (C=O) groups excluding carboxylic acids is 1. The van der Waals surface area contributed by atoms with Gasteiger partial charge in [0, 0.05) is 21.5 Å². The minimum atomic E-state index is -0.118. The molecule has 0 saturated heterocycles. The van der Waals surface area contributed by atoms with Crippen molar-refractivity contribution in [3.63, 3.8) is 0 Å². The second-order valence-electron chi connectivity index (χ2n) is 5.30. The van der Waals surface area contributed by atoms with E-state index in [9.17, 15) is 4.79 Å². The molecule has 0 spiro atoms. The first-order valence-corrected chi connectivity index (χ1v) is 9.25. The highest BCUT2D eigenvalue weighted by atomic mass is 35.5. The number of benzene rings is 2. The van der Waals surface area contributed by atoms with Crippen molar-refractivity contribution in [3.05, 3.63) is 70.9 Å². The van der Waals surface area contributed by atoms with Crippen molar-refractivity contribution in [2.24, 2.45) is 0 Å². The predicted octanol–water partition coefficient (Wildman–Crippen LogP) is 5.04. The summed E-state index contributed by atoms with van der Waals surface area (Å²) in [6.07, 6.45) is 0. The fraction of sp³-hybridized carbons (Fsp3) is 0.158. The molecule has 128 valence electrons. The molecule has 0 radical (unpaired) electrons. The van der Waals surface area contributed by atoms with E-state index in [1.54, 1.807) is 23.9 Å². The van der Waals surface area contributed by atoms with Gasteiger partial charge in [0.15, 0.2) is 5.76 Å². The van der Waals surface area contributed by atoms with Gasteiger partial charge in [-0.25, -0.2) is 0 Å². The van der Waals surface area contributed by atoms with E-state index >= 15 is 0 Å². The molecule has 1 aromatic heterocycles. The summed E-state index contributed by atoms with van der Waals surface area (Å²) in [7, 11) is 0. The van der Waals surface area contributed by atoms with Gasteiger partial charge in [-0.05, 0) is 42.2 Å². The summed E-state index contributed by atoms with van der Waals surface area (Å²) in [5.74, 6) is 1.44. The van der Waals surface area contributed by atoms with Gasteiger partial charge in [-0.1, -0.05) is 35.8 Å². The molecule has 0 aliphatic rings. The Hall–Kier alpha value is -2.24. The van der Waals surface area contributed by atoms with Gasteiger partial charge >= 0.3 is 0 Å². The molecular weight excluding hydrogens is 356 g/mol. The highest BCUT2D eigenvalue weighted by molar-refractivity contribution is 7.99.